The molecule has 0 aliphatic carbocycles. The van der Waals surface area contributed by atoms with Gasteiger partial charge in [0.15, 0.2) is 0 Å². The van der Waals surface area contributed by atoms with Crippen LogP contribution in [-0.2, 0) is 11.2 Å². The van der Waals surface area contributed by atoms with Crippen LogP contribution in [0.5, 0.6) is 11.5 Å². The third-order valence-corrected chi connectivity index (χ3v) is 3.81. The van der Waals surface area contributed by atoms with Gasteiger partial charge in [0.05, 0.1) is 0 Å². The maximum atomic E-state index is 10.7. The molecule has 0 radical (unpaired) electrons. The second kappa shape index (κ2) is 9.13. The Morgan fingerprint density at radius 3 is 2.50 bits per heavy atom. The third kappa shape index (κ3) is 5.74. The van der Waals surface area contributed by atoms with Crippen LogP contribution in [0.25, 0.3) is 6.08 Å². The predicted octanol–water partition coefficient (Wildman–Crippen LogP) is 4.57. The van der Waals surface area contributed by atoms with Gasteiger partial charge in [-0.15, -0.1) is 0 Å². The standard InChI is InChI=1S/C19H19BrO4/c1-2-14-3-7-17(8-4-14)23-11-12-24-18-9-6-16(20)13-15(18)5-10-19(21)22/h3-10,13H,2,11-12H2,1H3,(H,21,22). The molecule has 2 rings (SSSR count). The maximum absolute atomic E-state index is 10.7. The molecule has 24 heavy (non-hydrogen) atoms. The maximum Gasteiger partial charge on any atom is 0.328 e. The van der Waals surface area contributed by atoms with Crippen LogP contribution >= 0.6 is 15.9 Å². The van der Waals surface area contributed by atoms with Crippen molar-refractivity contribution in [2.75, 3.05) is 13.2 Å². The first-order valence-corrected chi connectivity index (χ1v) is 8.43. The number of carboxylic acid groups (broad SMARTS) is 1. The number of benzene rings is 2. The summed E-state index contributed by atoms with van der Waals surface area (Å²) in [6.45, 7) is 2.88. The monoisotopic (exact) mass is 390 g/mol. The summed E-state index contributed by atoms with van der Waals surface area (Å²) in [5.41, 5.74) is 1.96. The van der Waals surface area contributed by atoms with E-state index in [0.29, 0.717) is 24.5 Å². The highest BCUT2D eigenvalue weighted by Crippen LogP contribution is 2.24. The van der Waals surface area contributed by atoms with E-state index in [4.69, 9.17) is 14.6 Å². The summed E-state index contributed by atoms with van der Waals surface area (Å²) in [5, 5.41) is 8.75. The smallest absolute Gasteiger partial charge is 0.328 e. The minimum absolute atomic E-state index is 0.366. The van der Waals surface area contributed by atoms with Crippen molar-refractivity contribution in [2.24, 2.45) is 0 Å². The van der Waals surface area contributed by atoms with Crippen LogP contribution < -0.4 is 9.47 Å². The van der Waals surface area contributed by atoms with Gasteiger partial charge in [-0.1, -0.05) is 35.0 Å². The summed E-state index contributed by atoms with van der Waals surface area (Å²) < 4.78 is 12.2. The number of carboxylic acids is 1. The van der Waals surface area contributed by atoms with Crippen LogP contribution in [0.15, 0.2) is 53.0 Å². The molecule has 0 aliphatic heterocycles. The molecule has 0 atom stereocenters. The van der Waals surface area contributed by atoms with Gasteiger partial charge in [0.25, 0.3) is 0 Å². The van der Waals surface area contributed by atoms with Crippen molar-refractivity contribution < 1.29 is 19.4 Å². The van der Waals surface area contributed by atoms with Gasteiger partial charge in [-0.2, -0.15) is 0 Å². The summed E-state index contributed by atoms with van der Waals surface area (Å²) in [7, 11) is 0. The molecule has 0 saturated heterocycles. The molecule has 0 bridgehead atoms. The van der Waals surface area contributed by atoms with E-state index in [1.165, 1.54) is 11.6 Å². The van der Waals surface area contributed by atoms with E-state index in [-0.39, 0.29) is 0 Å². The number of halogens is 1. The summed E-state index contributed by atoms with van der Waals surface area (Å²) >= 11 is 3.37. The molecule has 0 aliphatic rings. The number of ether oxygens (including phenoxy) is 2. The lowest BCUT2D eigenvalue weighted by Crippen LogP contribution is -2.09. The van der Waals surface area contributed by atoms with Crippen molar-refractivity contribution in [3.8, 4) is 11.5 Å². The molecular formula is C19H19BrO4. The van der Waals surface area contributed by atoms with Crippen molar-refractivity contribution in [3.05, 3.63) is 64.1 Å². The van der Waals surface area contributed by atoms with Gasteiger partial charge in [0, 0.05) is 16.1 Å². The largest absolute Gasteiger partial charge is 0.490 e. The van der Waals surface area contributed by atoms with Crippen LogP contribution in [0.2, 0.25) is 0 Å². The Morgan fingerprint density at radius 2 is 1.83 bits per heavy atom. The molecule has 0 aromatic heterocycles. The van der Waals surface area contributed by atoms with Gasteiger partial charge in [0.2, 0.25) is 0 Å². The number of aryl methyl sites for hydroxylation is 1. The van der Waals surface area contributed by atoms with Gasteiger partial charge < -0.3 is 14.6 Å². The van der Waals surface area contributed by atoms with Crippen molar-refractivity contribution in [1.82, 2.24) is 0 Å². The summed E-state index contributed by atoms with van der Waals surface area (Å²) in [6, 6.07) is 13.4. The zero-order valence-electron chi connectivity index (χ0n) is 13.4. The lowest BCUT2D eigenvalue weighted by Gasteiger charge is -2.11. The zero-order chi connectivity index (χ0) is 17.4. The molecule has 2 aromatic carbocycles. The average molecular weight is 391 g/mol. The zero-order valence-corrected chi connectivity index (χ0v) is 15.0. The van der Waals surface area contributed by atoms with Crippen LogP contribution in [0.4, 0.5) is 0 Å². The minimum Gasteiger partial charge on any atom is -0.490 e. The molecule has 0 fully saturated rings. The average Bonchev–Trinajstić information content (AvgIpc) is 2.58. The number of hydrogen-bond donors (Lipinski definition) is 1. The first-order valence-electron chi connectivity index (χ1n) is 7.63. The fraction of sp³-hybridized carbons (Fsp3) is 0.211. The van der Waals surface area contributed by atoms with E-state index < -0.39 is 5.97 Å². The van der Waals surface area contributed by atoms with E-state index in [9.17, 15) is 4.79 Å². The first kappa shape index (κ1) is 18.1. The fourth-order valence-electron chi connectivity index (χ4n) is 2.07. The Morgan fingerprint density at radius 1 is 1.12 bits per heavy atom. The third-order valence-electron chi connectivity index (χ3n) is 3.32. The van der Waals surface area contributed by atoms with E-state index in [1.54, 1.807) is 12.1 Å². The van der Waals surface area contributed by atoms with Gasteiger partial charge >= 0.3 is 5.97 Å². The minimum atomic E-state index is -1.00. The molecule has 1 N–H and O–H groups in total. The van der Waals surface area contributed by atoms with Crippen molar-refractivity contribution in [3.63, 3.8) is 0 Å². The van der Waals surface area contributed by atoms with Gasteiger partial charge in [-0.05, 0) is 48.4 Å². The van der Waals surface area contributed by atoms with E-state index >= 15 is 0 Å². The number of hydrogen-bond acceptors (Lipinski definition) is 3. The van der Waals surface area contributed by atoms with Crippen LogP contribution in [0.1, 0.15) is 18.1 Å². The Hall–Kier alpha value is -2.27. The number of aliphatic carboxylic acids is 1. The molecule has 2 aromatic rings. The Labute approximate surface area is 149 Å². The molecule has 0 amide bonds. The SMILES string of the molecule is CCc1ccc(OCCOc2ccc(Br)cc2C=CC(=O)O)cc1. The molecule has 0 heterocycles. The highest BCUT2D eigenvalue weighted by molar-refractivity contribution is 9.10. The van der Waals surface area contributed by atoms with Gasteiger partial charge in [0.1, 0.15) is 24.7 Å². The van der Waals surface area contributed by atoms with E-state index in [2.05, 4.69) is 22.9 Å². The molecule has 0 spiro atoms. The molecule has 5 heteroatoms. The fourth-order valence-corrected chi connectivity index (χ4v) is 2.45. The normalized spacial score (nSPS) is 10.8. The second-order valence-corrected chi connectivity index (χ2v) is 5.96. The Balaban J connectivity index is 1.90. The highest BCUT2D eigenvalue weighted by Gasteiger charge is 2.03. The molecule has 0 saturated carbocycles. The number of carbonyl (C=O) groups is 1. The Kier molecular flexibility index (Phi) is 6.88. The van der Waals surface area contributed by atoms with Crippen molar-refractivity contribution in [1.29, 1.82) is 0 Å². The van der Waals surface area contributed by atoms with Gasteiger partial charge in [-0.25, -0.2) is 4.79 Å². The van der Waals surface area contributed by atoms with Crippen LogP contribution in [0.3, 0.4) is 0 Å². The molecular weight excluding hydrogens is 372 g/mol. The molecule has 0 unspecified atom stereocenters. The lowest BCUT2D eigenvalue weighted by atomic mass is 10.2. The summed E-state index contributed by atoms with van der Waals surface area (Å²) in [5.74, 6) is 0.415. The topological polar surface area (TPSA) is 55.8 Å². The number of rotatable bonds is 8. The molecule has 4 nitrogen and oxygen atoms in total. The van der Waals surface area contributed by atoms with Crippen molar-refractivity contribution in [2.45, 2.75) is 13.3 Å². The van der Waals surface area contributed by atoms with E-state index in [0.717, 1.165) is 22.7 Å². The van der Waals surface area contributed by atoms with Crippen LogP contribution in [-0.4, -0.2) is 24.3 Å². The van der Waals surface area contributed by atoms with Gasteiger partial charge in [-0.3, -0.25) is 0 Å². The first-order chi connectivity index (χ1) is 11.6. The highest BCUT2D eigenvalue weighted by atomic mass is 79.9. The summed E-state index contributed by atoms with van der Waals surface area (Å²) in [6.07, 6.45) is 3.59. The summed E-state index contributed by atoms with van der Waals surface area (Å²) in [4.78, 5) is 10.7. The molecule has 126 valence electrons. The predicted molar refractivity (Wildman–Crippen MR) is 97.6 cm³/mol. The second-order valence-electron chi connectivity index (χ2n) is 5.05. The van der Waals surface area contributed by atoms with Crippen LogP contribution in [0, 0.1) is 0 Å². The Bertz CT molecular complexity index is 708. The van der Waals surface area contributed by atoms with Crippen molar-refractivity contribution >= 4 is 28.0 Å². The quantitative estimate of drug-likeness (QED) is 0.529. The van der Waals surface area contributed by atoms with E-state index in [1.807, 2.05) is 30.3 Å². The lowest BCUT2D eigenvalue weighted by molar-refractivity contribution is -0.131.